The molecule has 2 N–H and O–H groups in total. The Morgan fingerprint density at radius 3 is 2.83 bits per heavy atom. The smallest absolute Gasteiger partial charge is 0.240 e. The van der Waals surface area contributed by atoms with Crippen molar-refractivity contribution in [2.45, 2.75) is 26.8 Å². The molecule has 0 bridgehead atoms. The van der Waals surface area contributed by atoms with Crippen LogP contribution in [0.15, 0.2) is 0 Å². The van der Waals surface area contributed by atoms with E-state index in [1.165, 1.54) is 0 Å². The molecule has 0 aliphatic heterocycles. The topological polar surface area (TPSA) is 67.6 Å². The minimum Gasteiger partial charge on any atom is -0.355 e. The van der Waals surface area contributed by atoms with Crippen molar-refractivity contribution >= 4 is 29.3 Å². The van der Waals surface area contributed by atoms with Crippen molar-refractivity contribution in [3.05, 3.63) is 10.5 Å². The maximum absolute atomic E-state index is 11.7. The summed E-state index contributed by atoms with van der Waals surface area (Å²) in [6, 6.07) is 0. The van der Waals surface area contributed by atoms with Crippen LogP contribution in [0.3, 0.4) is 0 Å². The third kappa shape index (κ3) is 2.05. The quantitative estimate of drug-likeness (QED) is 0.816. The van der Waals surface area contributed by atoms with Crippen LogP contribution in [-0.4, -0.2) is 31.8 Å². The first kappa shape index (κ1) is 12.8. The summed E-state index contributed by atoms with van der Waals surface area (Å²) in [5.41, 5.74) is 2.76. The van der Waals surface area contributed by atoms with Gasteiger partial charge in [-0.2, -0.15) is 5.10 Å². The van der Waals surface area contributed by atoms with Gasteiger partial charge in [-0.3, -0.25) is 14.0 Å². The molecule has 18 heavy (non-hydrogen) atoms. The van der Waals surface area contributed by atoms with E-state index in [0.29, 0.717) is 11.3 Å². The zero-order chi connectivity index (χ0) is 13.3. The predicted molar refractivity (Wildman–Crippen MR) is 72.0 cm³/mol. The first-order valence-corrected chi connectivity index (χ1v) is 6.40. The summed E-state index contributed by atoms with van der Waals surface area (Å²) in [4.78, 5) is 14.8. The van der Waals surface area contributed by atoms with E-state index >= 15 is 0 Å². The number of hydrogen-bond donors (Lipinski definition) is 2. The van der Waals surface area contributed by atoms with Crippen molar-refractivity contribution in [1.82, 2.24) is 24.6 Å². The number of aromatic amines is 1. The molecule has 0 saturated carbocycles. The maximum atomic E-state index is 11.7. The van der Waals surface area contributed by atoms with E-state index in [0.717, 1.165) is 23.3 Å². The monoisotopic (exact) mass is 267 g/mol. The second-order valence-electron chi connectivity index (χ2n) is 4.09. The number of likely N-dealkylation sites (N-methyl/N-ethyl adjacent to an activating group) is 1. The lowest BCUT2D eigenvalue weighted by Crippen LogP contribution is -2.27. The fraction of sp³-hybridized carbons (Fsp3) is 0.545. The summed E-state index contributed by atoms with van der Waals surface area (Å²) in [6.45, 7) is 4.77. The number of fused-ring (bicyclic) bond motifs is 1. The molecule has 0 radical (unpaired) electrons. The molecule has 0 aromatic carbocycles. The molecule has 2 rings (SSSR count). The molecular formula is C11H17N5OS. The van der Waals surface area contributed by atoms with Gasteiger partial charge in [0, 0.05) is 13.6 Å². The maximum Gasteiger partial charge on any atom is 0.240 e. The van der Waals surface area contributed by atoms with E-state index in [1.54, 1.807) is 9.25 Å². The molecular weight excluding hydrogens is 250 g/mol. The molecule has 0 unspecified atom stereocenters. The van der Waals surface area contributed by atoms with Crippen LogP contribution in [0, 0.1) is 4.77 Å². The summed E-state index contributed by atoms with van der Waals surface area (Å²) in [6.07, 6.45) is 0.827. The zero-order valence-electron chi connectivity index (χ0n) is 10.8. The van der Waals surface area contributed by atoms with Crippen LogP contribution in [-0.2, 0) is 24.8 Å². The summed E-state index contributed by atoms with van der Waals surface area (Å²) in [5.74, 6) is -0.0475. The van der Waals surface area contributed by atoms with Crippen LogP contribution in [0.4, 0.5) is 0 Å². The number of hydrogen-bond acceptors (Lipinski definition) is 3. The summed E-state index contributed by atoms with van der Waals surface area (Å²) >= 11 is 5.26. The van der Waals surface area contributed by atoms with Gasteiger partial charge in [0.05, 0.1) is 5.69 Å². The number of imidazole rings is 1. The Morgan fingerprint density at radius 1 is 1.50 bits per heavy atom. The van der Waals surface area contributed by atoms with Gasteiger partial charge in [-0.1, -0.05) is 6.92 Å². The summed E-state index contributed by atoms with van der Waals surface area (Å²) in [7, 11) is 1.86. The van der Waals surface area contributed by atoms with E-state index < -0.39 is 0 Å². The number of aromatic nitrogens is 4. The fourth-order valence-electron chi connectivity index (χ4n) is 2.07. The normalized spacial score (nSPS) is 11.1. The van der Waals surface area contributed by atoms with Gasteiger partial charge in [-0.15, -0.1) is 0 Å². The molecule has 2 aromatic rings. The van der Waals surface area contributed by atoms with Crippen molar-refractivity contribution in [3.8, 4) is 0 Å². The van der Waals surface area contributed by atoms with E-state index in [9.17, 15) is 4.79 Å². The molecule has 0 spiro atoms. The minimum absolute atomic E-state index is 0.0475. The fourth-order valence-corrected chi connectivity index (χ4v) is 2.32. The van der Waals surface area contributed by atoms with Crippen molar-refractivity contribution in [1.29, 1.82) is 0 Å². The lowest BCUT2D eigenvalue weighted by atomic mass is 10.3. The van der Waals surface area contributed by atoms with Gasteiger partial charge in [0.2, 0.25) is 5.91 Å². The van der Waals surface area contributed by atoms with Gasteiger partial charge in [-0.05, 0) is 25.6 Å². The average Bonchev–Trinajstić information content (AvgIpc) is 2.79. The minimum atomic E-state index is -0.0475. The number of nitrogens with zero attached hydrogens (tertiary/aromatic N) is 3. The van der Waals surface area contributed by atoms with Gasteiger partial charge < -0.3 is 10.3 Å². The van der Waals surface area contributed by atoms with Crippen LogP contribution < -0.4 is 5.32 Å². The number of aryl methyl sites for hydroxylation is 2. The zero-order valence-corrected chi connectivity index (χ0v) is 11.6. The Labute approximate surface area is 110 Å². The molecule has 2 aromatic heterocycles. The second-order valence-corrected chi connectivity index (χ2v) is 4.48. The average molecular weight is 267 g/mol. The first-order chi connectivity index (χ1) is 8.58. The number of carbonyl (C=O) groups excluding carboxylic acids is 1. The number of rotatable bonds is 4. The van der Waals surface area contributed by atoms with Crippen LogP contribution in [0.1, 0.15) is 19.5 Å². The molecule has 0 saturated heterocycles. The molecule has 0 aliphatic carbocycles. The highest BCUT2D eigenvalue weighted by atomic mass is 32.1. The van der Waals surface area contributed by atoms with Crippen molar-refractivity contribution in [3.63, 3.8) is 0 Å². The van der Waals surface area contributed by atoms with Gasteiger partial charge in [-0.25, -0.2) is 0 Å². The van der Waals surface area contributed by atoms with Crippen molar-refractivity contribution in [2.24, 2.45) is 7.05 Å². The van der Waals surface area contributed by atoms with E-state index in [-0.39, 0.29) is 12.5 Å². The van der Waals surface area contributed by atoms with Crippen molar-refractivity contribution < 1.29 is 4.79 Å². The Kier molecular flexibility index (Phi) is 3.51. The number of H-pyrrole nitrogens is 1. The molecule has 6 nitrogen and oxygen atoms in total. The number of carbonyl (C=O) groups is 1. The first-order valence-electron chi connectivity index (χ1n) is 5.99. The van der Waals surface area contributed by atoms with E-state index in [4.69, 9.17) is 12.2 Å². The Morgan fingerprint density at radius 2 is 2.22 bits per heavy atom. The molecule has 98 valence electrons. The van der Waals surface area contributed by atoms with Gasteiger partial charge >= 0.3 is 0 Å². The van der Waals surface area contributed by atoms with Crippen LogP contribution in [0.5, 0.6) is 0 Å². The lowest BCUT2D eigenvalue weighted by Gasteiger charge is -2.04. The molecule has 7 heteroatoms. The largest absolute Gasteiger partial charge is 0.355 e. The van der Waals surface area contributed by atoms with Crippen LogP contribution >= 0.6 is 12.2 Å². The highest BCUT2D eigenvalue weighted by Crippen LogP contribution is 2.17. The Balaban J connectivity index is 2.50. The highest BCUT2D eigenvalue weighted by molar-refractivity contribution is 7.71. The third-order valence-electron chi connectivity index (χ3n) is 2.83. The lowest BCUT2D eigenvalue weighted by molar-refractivity contribution is -0.121. The number of amides is 1. The standard InChI is InChI=1S/C11H17N5OS/c1-4-7-9-10(15(3)14-7)16(11(18)13-9)6-8(17)12-5-2/h4-6H2,1-3H3,(H,12,17)(H,13,18). The molecule has 0 fully saturated rings. The SMILES string of the molecule is CCNC(=O)Cn1c(=S)[nH]c2c(CC)nn(C)c21. The summed E-state index contributed by atoms with van der Waals surface area (Å²) < 4.78 is 4.10. The van der Waals surface area contributed by atoms with Gasteiger partial charge in [0.15, 0.2) is 10.4 Å². The van der Waals surface area contributed by atoms with Gasteiger partial charge in [0.1, 0.15) is 12.1 Å². The molecule has 0 atom stereocenters. The molecule has 1 amide bonds. The summed E-state index contributed by atoms with van der Waals surface area (Å²) in [5, 5.41) is 7.18. The third-order valence-corrected chi connectivity index (χ3v) is 3.16. The van der Waals surface area contributed by atoms with E-state index in [2.05, 4.69) is 15.4 Å². The number of nitrogens with one attached hydrogen (secondary N) is 2. The van der Waals surface area contributed by atoms with Gasteiger partial charge in [0.25, 0.3) is 0 Å². The van der Waals surface area contributed by atoms with Crippen molar-refractivity contribution in [2.75, 3.05) is 6.54 Å². The molecule has 0 aliphatic rings. The Hall–Kier alpha value is -1.63. The second kappa shape index (κ2) is 4.93. The van der Waals surface area contributed by atoms with Crippen LogP contribution in [0.25, 0.3) is 11.2 Å². The van der Waals surface area contributed by atoms with Crippen LogP contribution in [0.2, 0.25) is 0 Å². The highest BCUT2D eigenvalue weighted by Gasteiger charge is 2.15. The molecule has 2 heterocycles. The van der Waals surface area contributed by atoms with E-state index in [1.807, 2.05) is 20.9 Å². The Bertz CT molecular complexity index is 636. The predicted octanol–water partition coefficient (Wildman–Crippen LogP) is 1.13.